The number of nitrogens with one attached hydrogen (secondary N) is 1. The fourth-order valence-corrected chi connectivity index (χ4v) is 4.66. The molecule has 0 radical (unpaired) electrons. The highest BCUT2D eigenvalue weighted by atomic mass is 127. The van der Waals surface area contributed by atoms with Crippen LogP contribution in [-0.4, -0.2) is 13.0 Å². The Morgan fingerprint density at radius 3 is 2.21 bits per heavy atom. The van der Waals surface area contributed by atoms with Crippen molar-refractivity contribution in [3.05, 3.63) is 107 Å². The third-order valence-corrected chi connectivity index (χ3v) is 7.04. The Bertz CT molecular complexity index is 990. The number of methoxy groups -OCH3 is 1. The van der Waals surface area contributed by atoms with Crippen LogP contribution in [0.3, 0.4) is 0 Å². The number of carbonyl (C=O) groups excluding carboxylic acids is 1. The van der Waals surface area contributed by atoms with Gasteiger partial charge in [-0.15, -0.1) is 0 Å². The summed E-state index contributed by atoms with van der Waals surface area (Å²) in [5, 5.41) is 4.14. The predicted molar refractivity (Wildman–Crippen MR) is 130 cm³/mol. The maximum Gasteiger partial charge on any atom is 0.256 e. The number of hydrogen-bond donors (Lipinski definition) is 1. The molecule has 5 heteroatoms. The van der Waals surface area contributed by atoms with E-state index in [4.69, 9.17) is 4.74 Å². The van der Waals surface area contributed by atoms with Gasteiger partial charge in [-0.1, -0.05) is 78.5 Å². The van der Waals surface area contributed by atoms with Crippen molar-refractivity contribution in [2.75, 3.05) is 7.11 Å². The van der Waals surface area contributed by atoms with Crippen LogP contribution in [-0.2, 0) is 0 Å². The molecular weight excluding hydrogens is 493 g/mol. The average Bonchev–Trinajstić information content (AvgIpc) is 2.79. The SMILES string of the molecule is COc1cccc(C(=O)N/C(SC(C)c2ccccc2)=C(/I)c2ccccc2)c1. The van der Waals surface area contributed by atoms with Crippen molar-refractivity contribution in [2.24, 2.45) is 0 Å². The lowest BCUT2D eigenvalue weighted by Gasteiger charge is -2.18. The van der Waals surface area contributed by atoms with Crippen LogP contribution in [0.1, 0.15) is 33.7 Å². The van der Waals surface area contributed by atoms with Crippen LogP contribution in [0, 0.1) is 0 Å². The molecule has 0 bridgehead atoms. The number of thioether (sulfide) groups is 1. The van der Waals surface area contributed by atoms with Gasteiger partial charge in [-0.25, -0.2) is 0 Å². The molecule has 0 fully saturated rings. The van der Waals surface area contributed by atoms with Gasteiger partial charge in [-0.05, 0) is 58.8 Å². The average molecular weight is 515 g/mol. The van der Waals surface area contributed by atoms with E-state index in [1.165, 1.54) is 5.56 Å². The Balaban J connectivity index is 1.91. The van der Waals surface area contributed by atoms with Crippen LogP contribution in [0.5, 0.6) is 5.75 Å². The second kappa shape index (κ2) is 10.5. The Morgan fingerprint density at radius 2 is 1.55 bits per heavy atom. The second-order valence-corrected chi connectivity index (χ2v) is 8.80. The van der Waals surface area contributed by atoms with Crippen molar-refractivity contribution in [2.45, 2.75) is 12.2 Å². The summed E-state index contributed by atoms with van der Waals surface area (Å²) in [6, 6.07) is 27.6. The molecule has 0 aliphatic carbocycles. The van der Waals surface area contributed by atoms with Crippen LogP contribution in [0.25, 0.3) is 3.58 Å². The van der Waals surface area contributed by atoms with Gasteiger partial charge in [0.25, 0.3) is 5.91 Å². The number of benzene rings is 3. The minimum Gasteiger partial charge on any atom is -0.497 e. The van der Waals surface area contributed by atoms with Crippen LogP contribution in [0.2, 0.25) is 0 Å². The summed E-state index contributed by atoms with van der Waals surface area (Å²) in [5.74, 6) is 0.503. The number of rotatable bonds is 7. The molecule has 3 nitrogen and oxygen atoms in total. The summed E-state index contributed by atoms with van der Waals surface area (Å²) in [6.45, 7) is 2.15. The smallest absolute Gasteiger partial charge is 0.256 e. The zero-order valence-corrected chi connectivity index (χ0v) is 19.2. The van der Waals surface area contributed by atoms with Gasteiger partial charge in [0, 0.05) is 10.8 Å². The molecule has 0 saturated carbocycles. The molecule has 3 aromatic carbocycles. The third-order valence-electron chi connectivity index (χ3n) is 4.35. The van der Waals surface area contributed by atoms with Crippen molar-refractivity contribution in [1.82, 2.24) is 5.32 Å². The summed E-state index contributed by atoms with van der Waals surface area (Å²) in [6.07, 6.45) is 0. The second-order valence-electron chi connectivity index (χ2n) is 6.37. The largest absolute Gasteiger partial charge is 0.497 e. The quantitative estimate of drug-likeness (QED) is 0.357. The molecule has 1 unspecified atom stereocenters. The molecular formula is C24H22INO2S. The molecule has 0 saturated heterocycles. The first-order valence-corrected chi connectivity index (χ1v) is 11.2. The number of hydrogen-bond acceptors (Lipinski definition) is 3. The molecule has 0 aliphatic heterocycles. The van der Waals surface area contributed by atoms with Gasteiger partial charge in [0.05, 0.1) is 15.7 Å². The van der Waals surface area contributed by atoms with Crippen LogP contribution in [0.15, 0.2) is 90.0 Å². The van der Waals surface area contributed by atoms with E-state index in [0.717, 1.165) is 14.2 Å². The van der Waals surface area contributed by atoms with Gasteiger partial charge >= 0.3 is 0 Å². The summed E-state index contributed by atoms with van der Waals surface area (Å²) in [5.41, 5.74) is 2.84. The molecule has 0 spiro atoms. The highest BCUT2D eigenvalue weighted by Gasteiger charge is 2.17. The molecule has 3 aromatic rings. The van der Waals surface area contributed by atoms with Gasteiger partial charge in [-0.3, -0.25) is 4.79 Å². The van der Waals surface area contributed by atoms with E-state index in [2.05, 4.69) is 47.0 Å². The minimum absolute atomic E-state index is 0.156. The fourth-order valence-electron chi connectivity index (χ4n) is 2.76. The predicted octanol–water partition coefficient (Wildman–Crippen LogP) is 6.68. The standard InChI is InChI=1S/C24H22INO2S/c1-17(18-10-5-3-6-11-18)29-24(22(25)19-12-7-4-8-13-19)26-23(27)20-14-9-15-21(16-20)28-2/h3-17H,1-2H3,(H,26,27)/b24-22-. The van der Waals surface area contributed by atoms with Crippen LogP contribution < -0.4 is 10.1 Å². The zero-order valence-electron chi connectivity index (χ0n) is 16.3. The molecule has 1 atom stereocenters. The molecule has 29 heavy (non-hydrogen) atoms. The molecule has 0 aromatic heterocycles. The van der Waals surface area contributed by atoms with Crippen molar-refractivity contribution < 1.29 is 9.53 Å². The van der Waals surface area contributed by atoms with Gasteiger partial charge in [0.2, 0.25) is 0 Å². The summed E-state index contributed by atoms with van der Waals surface area (Å²) in [7, 11) is 1.60. The summed E-state index contributed by atoms with van der Waals surface area (Å²) in [4.78, 5) is 13.0. The van der Waals surface area contributed by atoms with Crippen molar-refractivity contribution >= 4 is 43.8 Å². The normalized spacial score (nSPS) is 12.7. The first-order valence-electron chi connectivity index (χ1n) is 9.20. The Morgan fingerprint density at radius 1 is 0.931 bits per heavy atom. The van der Waals surface area contributed by atoms with Crippen LogP contribution in [0.4, 0.5) is 0 Å². The van der Waals surface area contributed by atoms with Crippen molar-refractivity contribution in [1.29, 1.82) is 0 Å². The summed E-state index contributed by atoms with van der Waals surface area (Å²) >= 11 is 3.95. The van der Waals surface area contributed by atoms with E-state index in [1.54, 1.807) is 31.0 Å². The van der Waals surface area contributed by atoms with Crippen molar-refractivity contribution in [3.8, 4) is 5.75 Å². The lowest BCUT2D eigenvalue weighted by Crippen LogP contribution is -2.22. The molecule has 0 aliphatic rings. The molecule has 148 valence electrons. The van der Waals surface area contributed by atoms with Crippen molar-refractivity contribution in [3.63, 3.8) is 0 Å². The number of carbonyl (C=O) groups is 1. The first kappa shape index (κ1) is 21.5. The number of halogens is 1. The number of amides is 1. The lowest BCUT2D eigenvalue weighted by atomic mass is 10.2. The van der Waals surface area contributed by atoms with Gasteiger partial charge in [0.1, 0.15) is 5.75 Å². The molecule has 0 heterocycles. The fraction of sp³-hybridized carbons (Fsp3) is 0.125. The minimum atomic E-state index is -0.156. The molecule has 1 N–H and O–H groups in total. The lowest BCUT2D eigenvalue weighted by molar-refractivity contribution is 0.0968. The monoisotopic (exact) mass is 515 g/mol. The van der Waals surface area contributed by atoms with Crippen LogP contribution >= 0.6 is 34.4 Å². The van der Waals surface area contributed by atoms with Gasteiger partial charge in [0.15, 0.2) is 0 Å². The van der Waals surface area contributed by atoms with E-state index in [-0.39, 0.29) is 11.2 Å². The molecule has 3 rings (SSSR count). The topological polar surface area (TPSA) is 38.3 Å². The van der Waals surface area contributed by atoms with E-state index in [0.29, 0.717) is 11.3 Å². The van der Waals surface area contributed by atoms with Gasteiger partial charge < -0.3 is 10.1 Å². The Hall–Kier alpha value is -2.25. The van der Waals surface area contributed by atoms with E-state index in [9.17, 15) is 4.79 Å². The maximum absolute atomic E-state index is 13.0. The Labute approximate surface area is 189 Å². The highest BCUT2D eigenvalue weighted by molar-refractivity contribution is 14.1. The Kier molecular flexibility index (Phi) is 7.77. The maximum atomic E-state index is 13.0. The van der Waals surface area contributed by atoms with E-state index < -0.39 is 0 Å². The first-order chi connectivity index (χ1) is 14.1. The highest BCUT2D eigenvalue weighted by Crippen LogP contribution is 2.39. The van der Waals surface area contributed by atoms with E-state index >= 15 is 0 Å². The zero-order chi connectivity index (χ0) is 20.6. The number of ether oxygens (including phenoxy) is 1. The molecule has 1 amide bonds. The van der Waals surface area contributed by atoms with E-state index in [1.807, 2.05) is 60.7 Å². The van der Waals surface area contributed by atoms with Gasteiger partial charge in [-0.2, -0.15) is 0 Å². The summed E-state index contributed by atoms with van der Waals surface area (Å²) < 4.78 is 6.26. The third kappa shape index (κ3) is 5.87.